The van der Waals surface area contributed by atoms with Gasteiger partial charge in [0.05, 0.1) is 0 Å². The Morgan fingerprint density at radius 3 is 2.28 bits per heavy atom. The van der Waals surface area contributed by atoms with E-state index in [2.05, 4.69) is 36.8 Å². The van der Waals surface area contributed by atoms with Crippen molar-refractivity contribution in [3.8, 4) is 0 Å². The molecule has 0 aromatic carbocycles. The maximum absolute atomic E-state index is 3.77. The van der Waals surface area contributed by atoms with Crippen LogP contribution in [0.2, 0.25) is 0 Å². The van der Waals surface area contributed by atoms with E-state index in [-0.39, 0.29) is 0 Å². The lowest BCUT2D eigenvalue weighted by molar-refractivity contribution is 0.388. The highest BCUT2D eigenvalue weighted by Gasteiger charge is 2.12. The fourth-order valence-electron chi connectivity index (χ4n) is 3.03. The zero-order valence-corrected chi connectivity index (χ0v) is 12.3. The molecule has 1 aromatic rings. The Bertz CT molecular complexity index is 371. The van der Waals surface area contributed by atoms with Crippen molar-refractivity contribution >= 4 is 0 Å². The minimum Gasteiger partial charge on any atom is -0.352 e. The Hall–Kier alpha value is -0.760. The molecule has 0 amide bonds. The van der Waals surface area contributed by atoms with E-state index in [0.717, 1.165) is 12.6 Å². The van der Waals surface area contributed by atoms with Crippen LogP contribution in [0.4, 0.5) is 0 Å². The van der Waals surface area contributed by atoms with Gasteiger partial charge in [0.1, 0.15) is 0 Å². The summed E-state index contributed by atoms with van der Waals surface area (Å²) in [6, 6.07) is 3.07. The van der Waals surface area contributed by atoms with Gasteiger partial charge in [-0.3, -0.25) is 0 Å². The van der Waals surface area contributed by atoms with Crippen molar-refractivity contribution in [2.24, 2.45) is 7.05 Å². The van der Waals surface area contributed by atoms with Crippen molar-refractivity contribution in [3.05, 3.63) is 23.0 Å². The van der Waals surface area contributed by atoms with Crippen LogP contribution in [0, 0.1) is 13.8 Å². The van der Waals surface area contributed by atoms with E-state index in [9.17, 15) is 0 Å². The van der Waals surface area contributed by atoms with Gasteiger partial charge in [0.2, 0.25) is 0 Å². The van der Waals surface area contributed by atoms with Crippen LogP contribution in [0.3, 0.4) is 0 Å². The Balaban J connectivity index is 1.87. The highest BCUT2D eigenvalue weighted by Crippen LogP contribution is 2.18. The second kappa shape index (κ2) is 6.42. The summed E-state index contributed by atoms with van der Waals surface area (Å²) in [7, 11) is 2.16. The first-order valence-corrected chi connectivity index (χ1v) is 7.53. The summed E-state index contributed by atoms with van der Waals surface area (Å²) < 4.78 is 2.29. The molecule has 0 spiro atoms. The Kier molecular flexibility index (Phi) is 4.87. The third-order valence-electron chi connectivity index (χ3n) is 4.57. The lowest BCUT2D eigenvalue weighted by Crippen LogP contribution is -2.29. The maximum atomic E-state index is 3.77. The maximum Gasteiger partial charge on any atom is 0.0225 e. The van der Waals surface area contributed by atoms with Crippen molar-refractivity contribution in [1.29, 1.82) is 0 Å². The minimum absolute atomic E-state index is 0.741. The Labute approximate surface area is 112 Å². The molecule has 1 aromatic heterocycles. The molecule has 1 aliphatic carbocycles. The highest BCUT2D eigenvalue weighted by molar-refractivity contribution is 5.26. The monoisotopic (exact) mass is 248 g/mol. The first-order chi connectivity index (χ1) is 8.68. The molecule has 1 fully saturated rings. The van der Waals surface area contributed by atoms with Crippen LogP contribution in [0.25, 0.3) is 0 Å². The molecule has 0 aliphatic heterocycles. The molecule has 0 saturated heterocycles. The number of nitrogens with one attached hydrogen (secondary N) is 1. The minimum atomic E-state index is 0.741. The van der Waals surface area contributed by atoms with Crippen molar-refractivity contribution in [2.45, 2.75) is 71.4 Å². The van der Waals surface area contributed by atoms with E-state index >= 15 is 0 Å². The highest BCUT2D eigenvalue weighted by atomic mass is 15.0. The molecule has 1 heterocycles. The van der Waals surface area contributed by atoms with Gasteiger partial charge in [0.15, 0.2) is 0 Å². The SMILES string of the molecule is Cc1cc(CNC2CCCCCCC2)c(C)n1C. The van der Waals surface area contributed by atoms with Gasteiger partial charge in [0, 0.05) is 31.0 Å². The van der Waals surface area contributed by atoms with Crippen LogP contribution in [-0.4, -0.2) is 10.6 Å². The van der Waals surface area contributed by atoms with E-state index in [4.69, 9.17) is 0 Å². The molecular formula is C16H28N2. The van der Waals surface area contributed by atoms with Gasteiger partial charge in [-0.2, -0.15) is 0 Å². The molecule has 2 heteroatoms. The van der Waals surface area contributed by atoms with E-state index in [1.165, 1.54) is 61.9 Å². The van der Waals surface area contributed by atoms with E-state index in [1.54, 1.807) is 0 Å². The quantitative estimate of drug-likeness (QED) is 0.860. The third-order valence-corrected chi connectivity index (χ3v) is 4.57. The molecular weight excluding hydrogens is 220 g/mol. The number of aromatic nitrogens is 1. The Morgan fingerprint density at radius 1 is 1.11 bits per heavy atom. The van der Waals surface area contributed by atoms with Crippen LogP contribution in [-0.2, 0) is 13.6 Å². The lowest BCUT2D eigenvalue weighted by atomic mass is 9.96. The first-order valence-electron chi connectivity index (χ1n) is 7.53. The van der Waals surface area contributed by atoms with Gasteiger partial charge in [0.25, 0.3) is 0 Å². The molecule has 1 saturated carbocycles. The van der Waals surface area contributed by atoms with Crippen molar-refractivity contribution in [3.63, 3.8) is 0 Å². The van der Waals surface area contributed by atoms with Crippen molar-refractivity contribution in [1.82, 2.24) is 9.88 Å². The first kappa shape index (κ1) is 13.7. The van der Waals surface area contributed by atoms with Crippen molar-refractivity contribution in [2.75, 3.05) is 0 Å². The fourth-order valence-corrected chi connectivity index (χ4v) is 3.03. The average molecular weight is 248 g/mol. The van der Waals surface area contributed by atoms with Gasteiger partial charge >= 0.3 is 0 Å². The normalized spacial score (nSPS) is 18.6. The summed E-state index contributed by atoms with van der Waals surface area (Å²) in [6.07, 6.45) is 9.86. The predicted octanol–water partition coefficient (Wildman–Crippen LogP) is 3.84. The molecule has 0 radical (unpaired) electrons. The number of hydrogen-bond acceptors (Lipinski definition) is 1. The second-order valence-electron chi connectivity index (χ2n) is 5.88. The number of aryl methyl sites for hydroxylation is 1. The molecule has 1 N–H and O–H groups in total. The molecule has 1 aliphatic rings. The number of hydrogen-bond donors (Lipinski definition) is 1. The summed E-state index contributed by atoms with van der Waals surface area (Å²) in [5.74, 6) is 0. The fraction of sp³-hybridized carbons (Fsp3) is 0.750. The van der Waals surface area contributed by atoms with Crippen LogP contribution < -0.4 is 5.32 Å². The van der Waals surface area contributed by atoms with Crippen LogP contribution in [0.15, 0.2) is 6.07 Å². The summed E-state index contributed by atoms with van der Waals surface area (Å²) in [4.78, 5) is 0. The summed E-state index contributed by atoms with van der Waals surface area (Å²) in [6.45, 7) is 5.45. The Morgan fingerprint density at radius 2 is 1.72 bits per heavy atom. The van der Waals surface area contributed by atoms with E-state index in [1.807, 2.05) is 0 Å². The van der Waals surface area contributed by atoms with Gasteiger partial charge < -0.3 is 9.88 Å². The zero-order valence-electron chi connectivity index (χ0n) is 12.3. The molecule has 18 heavy (non-hydrogen) atoms. The standard InChI is InChI=1S/C16H28N2/c1-13-11-15(14(2)18(13)3)12-17-16-9-7-5-4-6-8-10-16/h11,16-17H,4-10,12H2,1-3H3. The lowest BCUT2D eigenvalue weighted by Gasteiger charge is -2.21. The topological polar surface area (TPSA) is 17.0 Å². The smallest absolute Gasteiger partial charge is 0.0225 e. The van der Waals surface area contributed by atoms with Gasteiger partial charge in [-0.05, 0) is 38.3 Å². The largest absolute Gasteiger partial charge is 0.352 e. The van der Waals surface area contributed by atoms with Crippen LogP contribution >= 0.6 is 0 Å². The molecule has 0 bridgehead atoms. The molecule has 2 nitrogen and oxygen atoms in total. The predicted molar refractivity (Wildman–Crippen MR) is 77.8 cm³/mol. The third kappa shape index (κ3) is 3.38. The molecule has 2 rings (SSSR count). The van der Waals surface area contributed by atoms with Crippen molar-refractivity contribution < 1.29 is 0 Å². The van der Waals surface area contributed by atoms with Gasteiger partial charge in [-0.25, -0.2) is 0 Å². The van der Waals surface area contributed by atoms with E-state index in [0.29, 0.717) is 0 Å². The van der Waals surface area contributed by atoms with Crippen LogP contribution in [0.5, 0.6) is 0 Å². The molecule has 102 valence electrons. The zero-order chi connectivity index (χ0) is 13.0. The number of nitrogens with zero attached hydrogens (tertiary/aromatic N) is 1. The second-order valence-corrected chi connectivity index (χ2v) is 5.88. The van der Waals surface area contributed by atoms with Gasteiger partial charge in [-0.1, -0.05) is 32.1 Å². The molecule has 0 unspecified atom stereocenters. The van der Waals surface area contributed by atoms with Crippen LogP contribution in [0.1, 0.15) is 61.9 Å². The summed E-state index contributed by atoms with van der Waals surface area (Å²) in [5, 5.41) is 3.77. The molecule has 0 atom stereocenters. The summed E-state index contributed by atoms with van der Waals surface area (Å²) in [5.41, 5.74) is 4.24. The van der Waals surface area contributed by atoms with E-state index < -0.39 is 0 Å². The van der Waals surface area contributed by atoms with Gasteiger partial charge in [-0.15, -0.1) is 0 Å². The number of rotatable bonds is 3. The average Bonchev–Trinajstić information content (AvgIpc) is 2.56. The summed E-state index contributed by atoms with van der Waals surface area (Å²) >= 11 is 0.